The zero-order valence-electron chi connectivity index (χ0n) is 21.5. The van der Waals surface area contributed by atoms with Gasteiger partial charge < -0.3 is 10.1 Å². The number of pyridine rings is 2. The number of halogens is 1. The van der Waals surface area contributed by atoms with Crippen LogP contribution < -0.4 is 10.1 Å². The maximum atomic E-state index is 13.4. The van der Waals surface area contributed by atoms with Crippen LogP contribution in [0.15, 0.2) is 30.6 Å². The van der Waals surface area contributed by atoms with E-state index in [1.165, 1.54) is 4.90 Å². The third-order valence-corrected chi connectivity index (χ3v) is 10.2. The van der Waals surface area contributed by atoms with E-state index in [1.807, 2.05) is 45.9 Å². The molecule has 37 heavy (non-hydrogen) atoms. The number of fused-ring (bicyclic) bond motifs is 2. The minimum absolute atomic E-state index is 0.0451. The van der Waals surface area contributed by atoms with Crippen LogP contribution in [0.1, 0.15) is 51.8 Å². The van der Waals surface area contributed by atoms with Crippen molar-refractivity contribution in [2.45, 2.75) is 58.6 Å². The van der Waals surface area contributed by atoms with Crippen molar-refractivity contribution in [3.8, 4) is 17.0 Å². The van der Waals surface area contributed by atoms with Gasteiger partial charge in [0, 0.05) is 34.9 Å². The topological polar surface area (TPSA) is 84.4 Å². The van der Waals surface area contributed by atoms with Crippen molar-refractivity contribution in [2.24, 2.45) is 17.3 Å². The van der Waals surface area contributed by atoms with Crippen molar-refractivity contribution >= 4 is 45.0 Å². The van der Waals surface area contributed by atoms with Crippen molar-refractivity contribution < 1.29 is 14.3 Å². The zero-order valence-corrected chi connectivity index (χ0v) is 23.1. The molecule has 3 aliphatic rings. The van der Waals surface area contributed by atoms with E-state index in [2.05, 4.69) is 15.3 Å². The molecule has 7 nitrogen and oxygen atoms in total. The van der Waals surface area contributed by atoms with E-state index >= 15 is 0 Å². The maximum absolute atomic E-state index is 13.4. The van der Waals surface area contributed by atoms with Gasteiger partial charge in [0.05, 0.1) is 32.6 Å². The average Bonchev–Trinajstić information content (AvgIpc) is 3.15. The molecule has 9 heteroatoms. The van der Waals surface area contributed by atoms with Gasteiger partial charge >= 0.3 is 0 Å². The molecule has 2 saturated heterocycles. The maximum Gasteiger partial charge on any atom is 0.234 e. The Bertz CT molecular complexity index is 1390. The van der Waals surface area contributed by atoms with Crippen molar-refractivity contribution in [3.05, 3.63) is 40.5 Å². The monoisotopic (exact) mass is 538 g/mol. The number of piperidine rings is 2. The molecule has 0 radical (unpaired) electrons. The normalized spacial score (nSPS) is 26.3. The average molecular weight is 539 g/mol. The molecule has 3 aromatic rings. The van der Waals surface area contributed by atoms with Gasteiger partial charge in [0.15, 0.2) is 0 Å². The number of nitrogens with zero attached hydrogens (tertiary/aromatic N) is 3. The molecule has 0 aromatic carbocycles. The van der Waals surface area contributed by atoms with Crippen molar-refractivity contribution in [2.75, 3.05) is 13.1 Å². The lowest BCUT2D eigenvalue weighted by atomic mass is 9.92. The Morgan fingerprint density at radius 3 is 2.65 bits per heavy atom. The number of ether oxygens (including phenoxy) is 1. The van der Waals surface area contributed by atoms with Crippen LogP contribution in [0.2, 0.25) is 5.02 Å². The number of rotatable bonds is 6. The lowest BCUT2D eigenvalue weighted by molar-refractivity contribution is -0.150. The predicted octanol–water partition coefficient (Wildman–Crippen LogP) is 5.41. The van der Waals surface area contributed by atoms with Crippen molar-refractivity contribution in [1.29, 1.82) is 0 Å². The minimum Gasteiger partial charge on any atom is -0.473 e. The number of carbonyl (C=O) groups is 2. The van der Waals surface area contributed by atoms with Gasteiger partial charge in [0.2, 0.25) is 17.7 Å². The van der Waals surface area contributed by atoms with Crippen LogP contribution in [0.4, 0.5) is 0 Å². The Morgan fingerprint density at radius 2 is 1.97 bits per heavy atom. The van der Waals surface area contributed by atoms with E-state index in [0.717, 1.165) is 52.2 Å². The molecule has 2 amide bonds. The van der Waals surface area contributed by atoms with E-state index in [-0.39, 0.29) is 35.2 Å². The van der Waals surface area contributed by atoms with Crippen LogP contribution in [0.3, 0.4) is 0 Å². The molecular weight excluding hydrogens is 508 g/mol. The lowest BCUT2D eigenvalue weighted by Crippen LogP contribution is -2.49. The lowest BCUT2D eigenvalue weighted by Gasteiger charge is -2.38. The molecular formula is C28H31ClN4O3S. The third kappa shape index (κ3) is 3.79. The summed E-state index contributed by atoms with van der Waals surface area (Å²) < 4.78 is 7.30. The molecule has 1 aliphatic carbocycles. The first-order valence-corrected chi connectivity index (χ1v) is 14.2. The van der Waals surface area contributed by atoms with E-state index in [0.29, 0.717) is 17.3 Å². The number of amides is 2. The zero-order chi connectivity index (χ0) is 26.1. The van der Waals surface area contributed by atoms with Gasteiger partial charge in [-0.05, 0) is 56.3 Å². The Balaban J connectivity index is 1.41. The molecule has 3 fully saturated rings. The summed E-state index contributed by atoms with van der Waals surface area (Å²) in [5.41, 5.74) is 1.58. The fourth-order valence-corrected chi connectivity index (χ4v) is 7.59. The highest BCUT2D eigenvalue weighted by Gasteiger charge is 2.74. The first-order valence-electron chi connectivity index (χ1n) is 13.0. The van der Waals surface area contributed by atoms with Gasteiger partial charge in [0.1, 0.15) is 6.10 Å². The molecule has 5 heterocycles. The number of likely N-dealkylation sites (tertiary alicyclic amines) is 1. The van der Waals surface area contributed by atoms with Crippen LogP contribution in [0.5, 0.6) is 5.88 Å². The van der Waals surface area contributed by atoms with Gasteiger partial charge in [-0.25, -0.2) is 4.98 Å². The van der Waals surface area contributed by atoms with Crippen LogP contribution in [0.25, 0.3) is 21.3 Å². The van der Waals surface area contributed by atoms with Crippen molar-refractivity contribution in [1.82, 2.24) is 20.2 Å². The number of carbonyl (C=O) groups excluding carboxylic acids is 2. The number of hydrogen-bond acceptors (Lipinski definition) is 7. The molecule has 4 atom stereocenters. The van der Waals surface area contributed by atoms with Gasteiger partial charge in [-0.2, -0.15) is 0 Å². The first-order chi connectivity index (χ1) is 17.7. The highest BCUT2D eigenvalue weighted by molar-refractivity contribution is 7.19. The summed E-state index contributed by atoms with van der Waals surface area (Å²) in [5, 5.41) is 3.91. The van der Waals surface area contributed by atoms with E-state index < -0.39 is 5.54 Å². The van der Waals surface area contributed by atoms with E-state index in [1.54, 1.807) is 23.7 Å². The molecule has 4 unspecified atom stereocenters. The largest absolute Gasteiger partial charge is 0.473 e. The second-order valence-electron chi connectivity index (χ2n) is 11.2. The second-order valence-corrected chi connectivity index (χ2v) is 12.7. The number of aromatic nitrogens is 2. The smallest absolute Gasteiger partial charge is 0.234 e. The Morgan fingerprint density at radius 1 is 1.22 bits per heavy atom. The molecule has 2 aliphatic heterocycles. The highest BCUT2D eigenvalue weighted by Crippen LogP contribution is 2.65. The van der Waals surface area contributed by atoms with Gasteiger partial charge in [-0.15, -0.1) is 11.3 Å². The van der Waals surface area contributed by atoms with Gasteiger partial charge in [-0.1, -0.05) is 32.4 Å². The minimum atomic E-state index is -0.736. The summed E-state index contributed by atoms with van der Waals surface area (Å²) in [6, 6.07) is 5.86. The molecule has 0 bridgehead atoms. The van der Waals surface area contributed by atoms with Crippen LogP contribution in [-0.4, -0.2) is 45.9 Å². The molecule has 3 aromatic heterocycles. The first kappa shape index (κ1) is 24.8. The number of imide groups is 1. The summed E-state index contributed by atoms with van der Waals surface area (Å²) in [4.78, 5) is 38.4. The van der Waals surface area contributed by atoms with E-state index in [4.69, 9.17) is 16.3 Å². The number of nitrogens with one attached hydrogen (secondary N) is 1. The Labute approximate surface area is 225 Å². The van der Waals surface area contributed by atoms with Crippen molar-refractivity contribution in [3.63, 3.8) is 0 Å². The second kappa shape index (κ2) is 8.75. The molecule has 0 spiro atoms. The quantitative estimate of drug-likeness (QED) is 0.422. The summed E-state index contributed by atoms with van der Waals surface area (Å²) >= 11 is 7.97. The van der Waals surface area contributed by atoms with Crippen LogP contribution >= 0.6 is 22.9 Å². The number of hydrogen-bond donors (Lipinski definition) is 1. The number of thiophene rings is 1. The Kier molecular flexibility index (Phi) is 5.86. The fourth-order valence-electron chi connectivity index (χ4n) is 6.08. The third-order valence-electron chi connectivity index (χ3n) is 8.56. The standard InChI is InChI=1S/C28H31ClN4O3S/c1-5-28(4,33-25(34)21-22(26(33)35)27(21,2)3)20-12-19-23(37-20)17(8-10-31-19)18-11-15(29)13-32-24(18)36-16-7-6-9-30-14-16/h8,10-13,16,21-22,30H,5-7,9,14H2,1-4H3. The fraction of sp³-hybridized carbons (Fsp3) is 0.500. The molecule has 6 rings (SSSR count). The summed E-state index contributed by atoms with van der Waals surface area (Å²) in [6.45, 7) is 9.83. The van der Waals surface area contributed by atoms with E-state index in [9.17, 15) is 9.59 Å². The summed E-state index contributed by atoms with van der Waals surface area (Å²) in [5.74, 6) is 0.0311. The summed E-state index contributed by atoms with van der Waals surface area (Å²) in [6.07, 6.45) is 6.08. The molecule has 194 valence electrons. The highest BCUT2D eigenvalue weighted by atomic mass is 35.5. The predicted molar refractivity (Wildman–Crippen MR) is 145 cm³/mol. The van der Waals surface area contributed by atoms with Crippen LogP contribution in [-0.2, 0) is 15.1 Å². The Hall–Kier alpha value is -2.55. The SMILES string of the molecule is CCC(C)(c1cc2nccc(-c3cc(Cl)cnc3OC3CCCNC3)c2s1)N1C(=O)C2C(C1=O)C2(C)C. The van der Waals surface area contributed by atoms with Crippen LogP contribution in [0, 0.1) is 17.3 Å². The van der Waals surface area contributed by atoms with Gasteiger partial charge in [-0.3, -0.25) is 19.5 Å². The summed E-state index contributed by atoms with van der Waals surface area (Å²) in [7, 11) is 0. The molecule has 1 saturated carbocycles. The van der Waals surface area contributed by atoms with Gasteiger partial charge in [0.25, 0.3) is 0 Å². The molecule has 1 N–H and O–H groups in total.